The Labute approximate surface area is 239 Å². The van der Waals surface area contributed by atoms with E-state index in [0.717, 1.165) is 38.1 Å². The largest absolute Gasteiger partial charge is 0.662 e. The van der Waals surface area contributed by atoms with Gasteiger partial charge in [0.25, 0.3) is 5.91 Å². The monoisotopic (exact) mass is 696 g/mol. The van der Waals surface area contributed by atoms with Crippen molar-refractivity contribution in [2.75, 3.05) is 52.7 Å². The Balaban J connectivity index is 0.00000507. The van der Waals surface area contributed by atoms with Gasteiger partial charge in [0, 0.05) is 39.6 Å². The van der Waals surface area contributed by atoms with Crippen LogP contribution in [0.1, 0.15) is 54.4 Å². The van der Waals surface area contributed by atoms with Crippen molar-refractivity contribution in [1.82, 2.24) is 5.32 Å². The van der Waals surface area contributed by atoms with E-state index in [1.54, 1.807) is 31.2 Å². The van der Waals surface area contributed by atoms with E-state index in [-0.39, 0.29) is 45.3 Å². The number of alkyl halides is 1. The molecule has 1 fully saturated rings. The van der Waals surface area contributed by atoms with E-state index in [1.165, 1.54) is 5.56 Å². The molecule has 7 nitrogen and oxygen atoms in total. The summed E-state index contributed by atoms with van der Waals surface area (Å²) >= 11 is 0. The average molecular weight is 696 g/mol. The summed E-state index contributed by atoms with van der Waals surface area (Å²) in [5.74, 6) is 2.17. The maximum absolute atomic E-state index is 12.2. The molecule has 2 aromatic rings. The number of benzene rings is 2. The Hall–Kier alpha value is -2.28. The fraction of sp³-hybridized carbons (Fsp3) is 0.517. The summed E-state index contributed by atoms with van der Waals surface area (Å²) in [6.07, 6.45) is 3.83. The van der Waals surface area contributed by atoms with Crippen LogP contribution in [-0.2, 0) is 30.6 Å². The van der Waals surface area contributed by atoms with E-state index in [0.29, 0.717) is 50.0 Å². The second kappa shape index (κ2) is 18.1. The van der Waals surface area contributed by atoms with Crippen molar-refractivity contribution in [1.29, 1.82) is 0 Å². The van der Waals surface area contributed by atoms with Gasteiger partial charge in [-0.25, -0.2) is 4.39 Å². The van der Waals surface area contributed by atoms with E-state index in [9.17, 15) is 14.0 Å². The molecule has 1 saturated heterocycles. The average Bonchev–Trinajstić information content (AvgIpc) is 2.92. The van der Waals surface area contributed by atoms with Crippen molar-refractivity contribution < 1.29 is 49.3 Å². The summed E-state index contributed by atoms with van der Waals surface area (Å²) in [7, 11) is 0. The summed E-state index contributed by atoms with van der Waals surface area (Å²) in [6, 6.07) is 14.6. The first-order valence-electron chi connectivity index (χ1n) is 13.1. The second-order valence-electron chi connectivity index (χ2n) is 9.30. The third-order valence-electron chi connectivity index (χ3n) is 6.38. The number of piperidine rings is 1. The van der Waals surface area contributed by atoms with E-state index < -0.39 is 6.67 Å². The molecule has 1 unspecified atom stereocenters. The van der Waals surface area contributed by atoms with E-state index in [1.807, 2.05) is 12.1 Å². The molecule has 1 heterocycles. The van der Waals surface area contributed by atoms with Gasteiger partial charge in [-0.1, -0.05) is 25.0 Å². The standard InChI is InChI=1S/C29H38FN2O5.W/c1-22(33)20-26(21-23-10-13-31-14-11-23)24-2-6-28(7-3-24)37-19-18-35-17-15-32-29(34)25-4-8-27(9-5-25)36-16-12-30;/h2-9,23,26H,10-21H2,1H3,(H,32,34);/q-1;/i30-1;. The van der Waals surface area contributed by atoms with Crippen LogP contribution in [0.5, 0.6) is 11.5 Å². The smallest absolute Gasteiger partial charge is 0.251 e. The first-order chi connectivity index (χ1) is 18.0. The minimum Gasteiger partial charge on any atom is -0.662 e. The fourth-order valence-corrected chi connectivity index (χ4v) is 4.48. The van der Waals surface area contributed by atoms with Crippen LogP contribution >= 0.6 is 0 Å². The normalized spacial score (nSPS) is 14.3. The molecule has 0 radical (unpaired) electrons. The third-order valence-corrected chi connectivity index (χ3v) is 6.38. The Bertz CT molecular complexity index is 952. The molecule has 0 spiro atoms. The van der Waals surface area contributed by atoms with Gasteiger partial charge in [0.2, 0.25) is 0 Å². The number of halogens is 1. The molecular weight excluding hydrogens is 658 g/mol. The predicted octanol–water partition coefficient (Wildman–Crippen LogP) is 5.09. The molecule has 3 rings (SSSR count). The minimum atomic E-state index is -0.555. The van der Waals surface area contributed by atoms with Crippen LogP contribution in [0.25, 0.3) is 5.32 Å². The topological polar surface area (TPSA) is 88.0 Å². The number of hydrogen-bond donors (Lipinski definition) is 1. The van der Waals surface area contributed by atoms with Crippen molar-refractivity contribution in [3.63, 3.8) is 0 Å². The number of nitrogens with one attached hydrogen (secondary N) is 1. The van der Waals surface area contributed by atoms with Crippen LogP contribution < -0.4 is 14.8 Å². The van der Waals surface area contributed by atoms with Crippen LogP contribution in [0.3, 0.4) is 0 Å². The zero-order chi connectivity index (χ0) is 26.3. The van der Waals surface area contributed by atoms with Gasteiger partial charge in [0.05, 0.1) is 13.2 Å². The molecule has 0 aliphatic carbocycles. The van der Waals surface area contributed by atoms with Crippen LogP contribution in [0.4, 0.5) is 4.39 Å². The van der Waals surface area contributed by atoms with Crippen LogP contribution in [0.2, 0.25) is 0 Å². The van der Waals surface area contributed by atoms with Crippen LogP contribution in [-0.4, -0.2) is 64.4 Å². The van der Waals surface area contributed by atoms with Crippen LogP contribution in [0, 0.1) is 5.92 Å². The fourth-order valence-electron chi connectivity index (χ4n) is 4.48. The number of ether oxygens (including phenoxy) is 3. The number of hydrogen-bond acceptors (Lipinski definition) is 5. The van der Waals surface area contributed by atoms with Crippen molar-refractivity contribution in [3.8, 4) is 11.5 Å². The Morgan fingerprint density at radius 1 is 0.947 bits per heavy atom. The molecule has 0 bridgehead atoms. The number of rotatable bonds is 16. The number of Topliss-reactive ketones (excluding diaryl/α,β-unsaturated/α-hetero) is 1. The number of ketones is 1. The van der Waals surface area contributed by atoms with E-state index in [4.69, 9.17) is 14.2 Å². The molecule has 1 aliphatic heterocycles. The molecule has 1 amide bonds. The molecular formula is C29H38FN2O5W-. The molecule has 2 aromatic carbocycles. The van der Waals surface area contributed by atoms with Crippen molar-refractivity contribution in [2.45, 2.75) is 38.5 Å². The molecule has 0 aromatic heterocycles. The number of carbonyl (C=O) groups excluding carboxylic acids is 2. The summed E-state index contributed by atoms with van der Waals surface area (Å²) < 4.78 is 28.6. The van der Waals surface area contributed by atoms with Gasteiger partial charge < -0.3 is 29.6 Å². The molecule has 1 atom stereocenters. The van der Waals surface area contributed by atoms with E-state index in [2.05, 4.69) is 22.8 Å². The van der Waals surface area contributed by atoms with E-state index >= 15 is 0 Å². The molecule has 208 valence electrons. The SMILES string of the molecule is CC(=O)CC(CC1CC[N-]CC1)c1ccc(OCCOCCNC(=O)c2ccc(OCC[18F])cc2)cc1.[W]. The maximum atomic E-state index is 12.2. The summed E-state index contributed by atoms with van der Waals surface area (Å²) in [6.45, 7) is 4.52. The van der Waals surface area contributed by atoms with Gasteiger partial charge in [-0.05, 0) is 67.1 Å². The maximum Gasteiger partial charge on any atom is 0.251 e. The molecule has 38 heavy (non-hydrogen) atoms. The third kappa shape index (κ3) is 11.6. The first-order valence-corrected chi connectivity index (χ1v) is 13.1. The molecule has 0 saturated carbocycles. The van der Waals surface area contributed by atoms with Gasteiger partial charge in [0.15, 0.2) is 0 Å². The first kappa shape index (κ1) is 31.9. The van der Waals surface area contributed by atoms with Gasteiger partial charge in [-0.2, -0.15) is 0 Å². The van der Waals surface area contributed by atoms with Crippen LogP contribution in [0.15, 0.2) is 48.5 Å². The minimum absolute atomic E-state index is 0. The zero-order valence-electron chi connectivity index (χ0n) is 22.0. The van der Waals surface area contributed by atoms with Crippen molar-refractivity contribution in [3.05, 3.63) is 65.0 Å². The Kier molecular flexibility index (Phi) is 15.2. The summed E-state index contributed by atoms with van der Waals surface area (Å²) in [5, 5.41) is 7.23. The molecule has 1 N–H and O–H groups in total. The van der Waals surface area contributed by atoms with Crippen molar-refractivity contribution >= 4 is 11.7 Å². The quantitative estimate of drug-likeness (QED) is 0.247. The predicted molar refractivity (Wildman–Crippen MR) is 141 cm³/mol. The molecule has 1 aliphatic rings. The van der Waals surface area contributed by atoms with Gasteiger partial charge in [-0.3, -0.25) is 4.79 Å². The van der Waals surface area contributed by atoms with Gasteiger partial charge >= 0.3 is 0 Å². The number of nitrogens with zero attached hydrogens (tertiary/aromatic N) is 1. The number of carbonyl (C=O) groups is 2. The summed E-state index contributed by atoms with van der Waals surface area (Å²) in [5.41, 5.74) is 1.68. The summed E-state index contributed by atoms with van der Waals surface area (Å²) in [4.78, 5) is 24.0. The zero-order valence-corrected chi connectivity index (χ0v) is 25.0. The molecule has 9 heteroatoms. The van der Waals surface area contributed by atoms with Crippen molar-refractivity contribution in [2.24, 2.45) is 5.92 Å². The van der Waals surface area contributed by atoms with Gasteiger partial charge in [-0.15, -0.1) is 13.1 Å². The number of amides is 1. The Morgan fingerprint density at radius 2 is 1.58 bits per heavy atom. The second-order valence-corrected chi connectivity index (χ2v) is 9.30. The Morgan fingerprint density at radius 3 is 2.21 bits per heavy atom. The van der Waals surface area contributed by atoms with Gasteiger partial charge in [0.1, 0.15) is 37.2 Å².